The third-order valence-electron chi connectivity index (χ3n) is 3.74. The lowest BCUT2D eigenvalue weighted by Crippen LogP contribution is -2.28. The van der Waals surface area contributed by atoms with Gasteiger partial charge in [0.25, 0.3) is 0 Å². The maximum absolute atomic E-state index is 11.1. The van der Waals surface area contributed by atoms with E-state index in [0.717, 1.165) is 18.2 Å². The third kappa shape index (κ3) is 2.28. The highest BCUT2D eigenvalue weighted by Crippen LogP contribution is 2.38. The molecule has 0 heterocycles. The fourth-order valence-corrected chi connectivity index (χ4v) is 2.34. The molecule has 2 fully saturated rings. The van der Waals surface area contributed by atoms with E-state index >= 15 is 0 Å². The predicted molar refractivity (Wildman–Crippen MR) is 70.9 cm³/mol. The Hall–Kier alpha value is -1.71. The minimum Gasteiger partial charge on any atom is -0.478 e. The van der Waals surface area contributed by atoms with Gasteiger partial charge >= 0.3 is 5.97 Å². The molecule has 2 aliphatic rings. The second-order valence-electron chi connectivity index (χ2n) is 5.40. The third-order valence-corrected chi connectivity index (χ3v) is 3.74. The number of hydrogen-bond acceptors (Lipinski definition) is 3. The zero-order valence-corrected chi connectivity index (χ0v) is 10.3. The van der Waals surface area contributed by atoms with Crippen molar-refractivity contribution < 1.29 is 9.90 Å². The van der Waals surface area contributed by atoms with Crippen molar-refractivity contribution in [3.63, 3.8) is 0 Å². The largest absolute Gasteiger partial charge is 0.478 e. The lowest BCUT2D eigenvalue weighted by molar-refractivity contribution is 0.0698. The molecule has 0 bridgehead atoms. The molecule has 0 atom stereocenters. The standard InChI is InChI=1S/C14H18N2O2/c15-13-6-5-11(7-12(13)14(17)18)16(10-3-4-10)8-9-1-2-9/h5-7,9-10H,1-4,8,15H2,(H,17,18). The fourth-order valence-electron chi connectivity index (χ4n) is 2.34. The number of carboxylic acids is 1. The van der Waals surface area contributed by atoms with Crippen LogP contribution in [-0.2, 0) is 0 Å². The van der Waals surface area contributed by atoms with Crippen LogP contribution in [0, 0.1) is 5.92 Å². The lowest BCUT2D eigenvalue weighted by atomic mass is 10.1. The molecule has 3 rings (SSSR count). The van der Waals surface area contributed by atoms with Crippen LogP contribution in [0.4, 0.5) is 11.4 Å². The molecule has 96 valence electrons. The number of nitrogens with two attached hydrogens (primary N) is 1. The van der Waals surface area contributed by atoms with Crippen LogP contribution in [0.25, 0.3) is 0 Å². The summed E-state index contributed by atoms with van der Waals surface area (Å²) in [6.07, 6.45) is 5.06. The van der Waals surface area contributed by atoms with Gasteiger partial charge in [-0.1, -0.05) is 0 Å². The van der Waals surface area contributed by atoms with E-state index in [1.807, 2.05) is 6.07 Å². The van der Waals surface area contributed by atoms with Crippen molar-refractivity contribution >= 4 is 17.3 Å². The van der Waals surface area contributed by atoms with Crippen molar-refractivity contribution in [3.8, 4) is 0 Å². The predicted octanol–water partition coefficient (Wildman–Crippen LogP) is 2.35. The normalized spacial score (nSPS) is 18.7. The summed E-state index contributed by atoms with van der Waals surface area (Å²) in [5.74, 6) is -0.145. The van der Waals surface area contributed by atoms with Crippen LogP contribution in [0.15, 0.2) is 18.2 Å². The molecule has 0 aromatic heterocycles. The molecule has 2 aliphatic carbocycles. The van der Waals surface area contributed by atoms with Crippen molar-refractivity contribution in [1.29, 1.82) is 0 Å². The number of nitrogen functional groups attached to an aromatic ring is 1. The van der Waals surface area contributed by atoms with Gasteiger partial charge in [0.15, 0.2) is 0 Å². The Bertz CT molecular complexity index is 479. The zero-order valence-electron chi connectivity index (χ0n) is 10.3. The van der Waals surface area contributed by atoms with Crippen LogP contribution in [0.2, 0.25) is 0 Å². The minimum absolute atomic E-state index is 0.217. The van der Waals surface area contributed by atoms with Crippen molar-refractivity contribution in [2.75, 3.05) is 17.2 Å². The van der Waals surface area contributed by atoms with Gasteiger partial charge < -0.3 is 15.7 Å². The van der Waals surface area contributed by atoms with E-state index in [1.54, 1.807) is 12.1 Å². The Morgan fingerprint density at radius 3 is 2.61 bits per heavy atom. The molecule has 2 saturated carbocycles. The molecular weight excluding hydrogens is 228 g/mol. The monoisotopic (exact) mass is 246 g/mol. The van der Waals surface area contributed by atoms with Crippen molar-refractivity contribution in [1.82, 2.24) is 0 Å². The first kappa shape index (κ1) is 11.4. The molecule has 0 unspecified atom stereocenters. The SMILES string of the molecule is Nc1ccc(N(CC2CC2)C2CC2)cc1C(=O)O. The molecule has 0 aliphatic heterocycles. The molecule has 0 radical (unpaired) electrons. The van der Waals surface area contributed by atoms with Crippen LogP contribution < -0.4 is 10.6 Å². The average molecular weight is 246 g/mol. The summed E-state index contributed by atoms with van der Waals surface area (Å²) in [5, 5.41) is 9.12. The van der Waals surface area contributed by atoms with Gasteiger partial charge in [-0.15, -0.1) is 0 Å². The number of nitrogens with zero attached hydrogens (tertiary/aromatic N) is 1. The summed E-state index contributed by atoms with van der Waals surface area (Å²) in [6, 6.07) is 5.98. The molecule has 1 aromatic carbocycles. The molecule has 0 amide bonds. The smallest absolute Gasteiger partial charge is 0.337 e. The van der Waals surface area contributed by atoms with Gasteiger partial charge in [-0.25, -0.2) is 4.79 Å². The molecule has 4 heteroatoms. The maximum Gasteiger partial charge on any atom is 0.337 e. The van der Waals surface area contributed by atoms with E-state index in [9.17, 15) is 4.79 Å². The highest BCUT2D eigenvalue weighted by molar-refractivity contribution is 5.94. The topological polar surface area (TPSA) is 66.6 Å². The second kappa shape index (κ2) is 4.19. The first-order valence-corrected chi connectivity index (χ1v) is 6.54. The Kier molecular flexibility index (Phi) is 2.65. The summed E-state index contributed by atoms with van der Waals surface area (Å²) in [4.78, 5) is 13.5. The van der Waals surface area contributed by atoms with Crippen LogP contribution >= 0.6 is 0 Å². The van der Waals surface area contributed by atoms with Crippen molar-refractivity contribution in [2.45, 2.75) is 31.7 Å². The van der Waals surface area contributed by atoms with Gasteiger partial charge in [-0.2, -0.15) is 0 Å². The van der Waals surface area contributed by atoms with Gasteiger partial charge in [-0.05, 0) is 49.8 Å². The molecule has 0 spiro atoms. The van der Waals surface area contributed by atoms with Gasteiger partial charge in [0.2, 0.25) is 0 Å². The van der Waals surface area contributed by atoms with Crippen molar-refractivity contribution in [2.24, 2.45) is 5.92 Å². The maximum atomic E-state index is 11.1. The Balaban J connectivity index is 1.88. The Morgan fingerprint density at radius 2 is 2.06 bits per heavy atom. The number of aromatic carboxylic acids is 1. The molecule has 4 nitrogen and oxygen atoms in total. The summed E-state index contributed by atoms with van der Waals surface area (Å²) in [5.41, 5.74) is 7.26. The number of carboxylic acid groups (broad SMARTS) is 1. The highest BCUT2D eigenvalue weighted by Gasteiger charge is 2.34. The lowest BCUT2D eigenvalue weighted by Gasteiger charge is -2.25. The number of hydrogen-bond donors (Lipinski definition) is 2. The van der Waals surface area contributed by atoms with Gasteiger partial charge in [0, 0.05) is 24.0 Å². The zero-order chi connectivity index (χ0) is 12.7. The first-order chi connectivity index (χ1) is 8.65. The van der Waals surface area contributed by atoms with Gasteiger partial charge in [0.05, 0.1) is 5.56 Å². The fraction of sp³-hybridized carbons (Fsp3) is 0.500. The summed E-state index contributed by atoms with van der Waals surface area (Å²) in [7, 11) is 0. The van der Waals surface area contributed by atoms with Crippen LogP contribution in [0.5, 0.6) is 0 Å². The molecule has 0 saturated heterocycles. The van der Waals surface area contributed by atoms with Gasteiger partial charge in [-0.3, -0.25) is 0 Å². The summed E-state index contributed by atoms with van der Waals surface area (Å²) >= 11 is 0. The Labute approximate surface area is 106 Å². The van der Waals surface area contributed by atoms with Gasteiger partial charge in [0.1, 0.15) is 0 Å². The molecule has 3 N–H and O–H groups in total. The number of carbonyl (C=O) groups is 1. The van der Waals surface area contributed by atoms with Crippen molar-refractivity contribution in [3.05, 3.63) is 23.8 Å². The minimum atomic E-state index is -0.948. The number of rotatable bonds is 5. The molecular formula is C14H18N2O2. The molecule has 1 aromatic rings. The number of anilines is 2. The second-order valence-corrected chi connectivity index (χ2v) is 5.40. The van der Waals surface area contributed by atoms with E-state index in [0.29, 0.717) is 11.7 Å². The van der Waals surface area contributed by atoms with E-state index in [4.69, 9.17) is 10.8 Å². The first-order valence-electron chi connectivity index (χ1n) is 6.54. The van der Waals surface area contributed by atoms with Crippen LogP contribution in [0.3, 0.4) is 0 Å². The average Bonchev–Trinajstić information content (AvgIpc) is 3.20. The van der Waals surface area contributed by atoms with Crippen LogP contribution in [-0.4, -0.2) is 23.7 Å². The van der Waals surface area contributed by atoms with Crippen LogP contribution in [0.1, 0.15) is 36.0 Å². The summed E-state index contributed by atoms with van der Waals surface area (Å²) < 4.78 is 0. The number of benzene rings is 1. The van der Waals surface area contributed by atoms with E-state index in [2.05, 4.69) is 4.90 Å². The molecule has 18 heavy (non-hydrogen) atoms. The Morgan fingerprint density at radius 1 is 1.33 bits per heavy atom. The quantitative estimate of drug-likeness (QED) is 0.783. The summed E-state index contributed by atoms with van der Waals surface area (Å²) in [6.45, 7) is 1.06. The van der Waals surface area contributed by atoms with E-state index in [-0.39, 0.29) is 5.56 Å². The van der Waals surface area contributed by atoms with E-state index in [1.165, 1.54) is 25.7 Å². The van der Waals surface area contributed by atoms with E-state index < -0.39 is 5.97 Å². The highest BCUT2D eigenvalue weighted by atomic mass is 16.4.